The first-order chi connectivity index (χ1) is 7.11. The highest BCUT2D eigenvalue weighted by molar-refractivity contribution is 5.31. The van der Waals surface area contributed by atoms with Crippen molar-refractivity contribution in [1.29, 1.82) is 0 Å². The molecule has 0 aromatic heterocycles. The zero-order chi connectivity index (χ0) is 11.7. The smallest absolute Gasteiger partial charge is 0.0184 e. The Morgan fingerprint density at radius 3 is 2.47 bits per heavy atom. The molecular weight excluding hydrogens is 182 g/mol. The summed E-state index contributed by atoms with van der Waals surface area (Å²) in [4.78, 5) is 0. The molecule has 1 nitrogen and oxygen atoms in total. The molecule has 0 atom stereocenters. The van der Waals surface area contributed by atoms with Crippen LogP contribution in [0, 0.1) is 0 Å². The van der Waals surface area contributed by atoms with Gasteiger partial charge in [-0.2, -0.15) is 0 Å². The lowest BCUT2D eigenvalue weighted by Gasteiger charge is -2.09. The molecule has 15 heavy (non-hydrogen) atoms. The zero-order valence-electron chi connectivity index (χ0n) is 10.3. The van der Waals surface area contributed by atoms with E-state index in [1.54, 1.807) is 0 Å². The number of hydrogen-bond acceptors (Lipinski definition) is 1. The summed E-state index contributed by atoms with van der Waals surface area (Å²) in [5.74, 6) is 0. The maximum atomic E-state index is 3.81. The summed E-state index contributed by atoms with van der Waals surface area (Å²) in [6.45, 7) is 14.8. The molecule has 0 saturated carbocycles. The third kappa shape index (κ3) is 6.78. The minimum absolute atomic E-state index is 0.934. The Balaban J connectivity index is 4.30. The van der Waals surface area contributed by atoms with Crippen molar-refractivity contribution in [3.05, 3.63) is 48.2 Å². The van der Waals surface area contributed by atoms with Gasteiger partial charge in [0.25, 0.3) is 0 Å². The number of rotatable bonds is 7. The molecule has 0 spiro atoms. The second-order valence-electron chi connectivity index (χ2n) is 3.68. The van der Waals surface area contributed by atoms with E-state index in [0.29, 0.717) is 0 Å². The van der Waals surface area contributed by atoms with Gasteiger partial charge in [-0.25, -0.2) is 0 Å². The molecule has 0 aliphatic carbocycles. The third-order valence-electron chi connectivity index (χ3n) is 2.16. The molecule has 0 unspecified atom stereocenters. The quantitative estimate of drug-likeness (QED) is 0.620. The van der Waals surface area contributed by atoms with Crippen molar-refractivity contribution >= 4 is 0 Å². The monoisotopic (exact) mass is 205 g/mol. The van der Waals surface area contributed by atoms with Crippen LogP contribution in [0.1, 0.15) is 33.6 Å². The Labute approximate surface area is 94.3 Å². The van der Waals surface area contributed by atoms with Gasteiger partial charge in [-0.3, -0.25) is 0 Å². The van der Waals surface area contributed by atoms with Crippen molar-refractivity contribution in [2.24, 2.45) is 0 Å². The Morgan fingerprint density at radius 1 is 1.33 bits per heavy atom. The Morgan fingerprint density at radius 2 is 2.00 bits per heavy atom. The number of nitrogens with one attached hydrogen (secondary N) is 1. The summed E-state index contributed by atoms with van der Waals surface area (Å²) in [6, 6.07) is 0. The zero-order valence-corrected chi connectivity index (χ0v) is 10.3. The van der Waals surface area contributed by atoms with Crippen LogP contribution in [-0.4, -0.2) is 6.54 Å². The molecule has 0 fully saturated rings. The van der Waals surface area contributed by atoms with Crippen molar-refractivity contribution in [2.75, 3.05) is 6.54 Å². The highest BCUT2D eigenvalue weighted by Crippen LogP contribution is 2.14. The van der Waals surface area contributed by atoms with Crippen molar-refractivity contribution < 1.29 is 0 Å². The molecule has 1 heteroatoms. The summed E-state index contributed by atoms with van der Waals surface area (Å²) in [6.07, 6.45) is 8.27. The summed E-state index contributed by atoms with van der Waals surface area (Å²) in [5, 5.41) is 3.23. The molecule has 0 aliphatic heterocycles. The first-order valence-electron chi connectivity index (χ1n) is 5.49. The lowest BCUT2D eigenvalue weighted by molar-refractivity contribution is 0.787. The predicted octanol–water partition coefficient (Wildman–Crippen LogP) is 3.97. The molecular formula is C14H23N. The second-order valence-corrected chi connectivity index (χ2v) is 3.68. The maximum Gasteiger partial charge on any atom is 0.0184 e. The highest BCUT2D eigenvalue weighted by Gasteiger charge is 1.98. The van der Waals surface area contributed by atoms with Crippen LogP contribution in [0.2, 0.25) is 0 Å². The minimum atomic E-state index is 0.934. The molecule has 0 heterocycles. The van der Waals surface area contributed by atoms with Gasteiger partial charge in [0.15, 0.2) is 0 Å². The third-order valence-corrected chi connectivity index (χ3v) is 2.16. The summed E-state index contributed by atoms with van der Waals surface area (Å²) >= 11 is 0. The van der Waals surface area contributed by atoms with Gasteiger partial charge in [0.05, 0.1) is 0 Å². The molecule has 0 aromatic rings. The lowest BCUT2D eigenvalue weighted by atomic mass is 10.0. The van der Waals surface area contributed by atoms with Crippen molar-refractivity contribution in [3.8, 4) is 0 Å². The van der Waals surface area contributed by atoms with Crippen molar-refractivity contribution in [3.63, 3.8) is 0 Å². The summed E-state index contributed by atoms with van der Waals surface area (Å²) in [7, 11) is 0. The van der Waals surface area contributed by atoms with Crippen LogP contribution >= 0.6 is 0 Å². The van der Waals surface area contributed by atoms with Crippen molar-refractivity contribution in [2.45, 2.75) is 33.6 Å². The topological polar surface area (TPSA) is 12.0 Å². The van der Waals surface area contributed by atoms with Gasteiger partial charge in [-0.05, 0) is 32.3 Å². The van der Waals surface area contributed by atoms with E-state index in [9.17, 15) is 0 Å². The van der Waals surface area contributed by atoms with Gasteiger partial charge in [-0.1, -0.05) is 43.9 Å². The standard InChI is InChI=1S/C14H23N/c1-6-8-13(5)14(9-7-2)10-11-15-12(3)4/h7-9,15H,2-3,6,10-11H2,1,4-5H3/b13-8-,14-9-. The normalized spacial score (nSPS) is 12.5. The molecule has 0 radical (unpaired) electrons. The molecule has 0 aliphatic rings. The molecule has 0 rings (SSSR count). The second kappa shape index (κ2) is 8.10. The summed E-state index contributed by atoms with van der Waals surface area (Å²) in [5.41, 5.74) is 3.71. The minimum Gasteiger partial charge on any atom is -0.389 e. The Kier molecular flexibility index (Phi) is 7.43. The van der Waals surface area contributed by atoms with E-state index in [-0.39, 0.29) is 0 Å². The SMILES string of the molecule is C=C/C=C(CCNC(=C)C)\C(C)=C/CC. The van der Waals surface area contributed by atoms with E-state index < -0.39 is 0 Å². The average molecular weight is 205 g/mol. The van der Waals surface area contributed by atoms with Gasteiger partial charge < -0.3 is 5.32 Å². The van der Waals surface area contributed by atoms with Gasteiger partial charge in [-0.15, -0.1) is 0 Å². The van der Waals surface area contributed by atoms with Gasteiger partial charge >= 0.3 is 0 Å². The molecule has 0 saturated heterocycles. The van der Waals surface area contributed by atoms with Crippen LogP contribution in [0.4, 0.5) is 0 Å². The van der Waals surface area contributed by atoms with E-state index in [2.05, 4.69) is 44.5 Å². The van der Waals surface area contributed by atoms with Crippen LogP contribution < -0.4 is 5.32 Å². The number of hydrogen-bond donors (Lipinski definition) is 1. The van der Waals surface area contributed by atoms with Crippen LogP contribution in [0.3, 0.4) is 0 Å². The van der Waals surface area contributed by atoms with Crippen molar-refractivity contribution in [1.82, 2.24) is 5.32 Å². The highest BCUT2D eigenvalue weighted by atomic mass is 14.9. The lowest BCUT2D eigenvalue weighted by Crippen LogP contribution is -2.12. The Bertz CT molecular complexity index is 269. The van der Waals surface area contributed by atoms with E-state index >= 15 is 0 Å². The van der Waals surface area contributed by atoms with E-state index in [0.717, 1.165) is 25.1 Å². The Hall–Kier alpha value is -1.24. The van der Waals surface area contributed by atoms with Crippen LogP contribution in [-0.2, 0) is 0 Å². The summed E-state index contributed by atoms with van der Waals surface area (Å²) < 4.78 is 0. The van der Waals surface area contributed by atoms with Crippen LogP contribution in [0.25, 0.3) is 0 Å². The van der Waals surface area contributed by atoms with Gasteiger partial charge in [0.2, 0.25) is 0 Å². The fraction of sp³-hybridized carbons (Fsp3) is 0.429. The predicted molar refractivity (Wildman–Crippen MR) is 69.8 cm³/mol. The van der Waals surface area contributed by atoms with E-state index in [4.69, 9.17) is 0 Å². The van der Waals surface area contributed by atoms with E-state index in [1.165, 1.54) is 11.1 Å². The molecule has 0 bridgehead atoms. The first kappa shape index (κ1) is 13.8. The van der Waals surface area contributed by atoms with Gasteiger partial charge in [0.1, 0.15) is 0 Å². The molecule has 84 valence electrons. The van der Waals surface area contributed by atoms with Crippen LogP contribution in [0.5, 0.6) is 0 Å². The fourth-order valence-electron chi connectivity index (χ4n) is 1.40. The van der Waals surface area contributed by atoms with Gasteiger partial charge in [0, 0.05) is 12.2 Å². The molecule has 0 amide bonds. The van der Waals surface area contributed by atoms with Crippen LogP contribution in [0.15, 0.2) is 48.2 Å². The average Bonchev–Trinajstić information content (AvgIpc) is 2.16. The largest absolute Gasteiger partial charge is 0.389 e. The van der Waals surface area contributed by atoms with E-state index in [1.807, 2.05) is 13.0 Å². The molecule has 1 N–H and O–H groups in total. The number of allylic oxidation sites excluding steroid dienone is 5. The fourth-order valence-corrected chi connectivity index (χ4v) is 1.40. The maximum absolute atomic E-state index is 3.81. The first-order valence-corrected chi connectivity index (χ1v) is 5.49. The molecule has 0 aromatic carbocycles.